The second-order valence-corrected chi connectivity index (χ2v) is 8.73. The van der Waals surface area contributed by atoms with Crippen molar-refractivity contribution in [2.75, 3.05) is 11.1 Å². The number of nitrogens with one attached hydrogen (secondary N) is 1. The second-order valence-electron chi connectivity index (χ2n) is 7.01. The quantitative estimate of drug-likeness (QED) is 0.698. The van der Waals surface area contributed by atoms with Crippen LogP contribution >= 0.6 is 12.4 Å². The Hall–Kier alpha value is -1.85. The van der Waals surface area contributed by atoms with E-state index < -0.39 is 10.8 Å². The summed E-state index contributed by atoms with van der Waals surface area (Å²) in [7, 11) is -0.850. The molecule has 0 spiro atoms. The van der Waals surface area contributed by atoms with Gasteiger partial charge in [0, 0.05) is 38.7 Å². The molecule has 1 atom stereocenters. The summed E-state index contributed by atoms with van der Waals surface area (Å²) in [5.41, 5.74) is 9.53. The lowest BCUT2D eigenvalue weighted by Gasteiger charge is -2.21. The Bertz CT molecular complexity index is 820. The van der Waals surface area contributed by atoms with E-state index in [1.807, 2.05) is 37.3 Å². The molecule has 3 N–H and O–H groups in total. The van der Waals surface area contributed by atoms with Gasteiger partial charge in [-0.25, -0.2) is 0 Å². The SMILES string of the molecule is Cc1ccc(N)cc1C(=O)Nc1cccc(CS(=O)C2CCCCC2)c1.Cl. The second kappa shape index (κ2) is 9.90. The highest BCUT2D eigenvalue weighted by Crippen LogP contribution is 2.24. The predicted molar refractivity (Wildman–Crippen MR) is 116 cm³/mol. The maximum atomic E-state index is 12.6. The average molecular weight is 407 g/mol. The van der Waals surface area contributed by atoms with E-state index >= 15 is 0 Å². The standard InChI is InChI=1S/C21H26N2O2S.ClH/c1-15-10-11-17(22)13-20(15)21(24)23-18-7-5-6-16(12-18)14-26(25)19-8-3-2-4-9-19;/h5-7,10-13,19H,2-4,8-9,14,22H2,1H3,(H,23,24);1H. The lowest BCUT2D eigenvalue weighted by molar-refractivity contribution is 0.102. The van der Waals surface area contributed by atoms with Gasteiger partial charge in [0.1, 0.15) is 0 Å². The van der Waals surface area contributed by atoms with Crippen molar-refractivity contribution in [3.05, 3.63) is 59.2 Å². The first kappa shape index (κ1) is 21.5. The Morgan fingerprint density at radius 1 is 1.15 bits per heavy atom. The number of carbonyl (C=O) groups excluding carboxylic acids is 1. The van der Waals surface area contributed by atoms with Crippen LogP contribution in [0.2, 0.25) is 0 Å². The van der Waals surface area contributed by atoms with Crippen molar-refractivity contribution in [3.8, 4) is 0 Å². The Labute approximate surface area is 169 Å². The van der Waals surface area contributed by atoms with Crippen molar-refractivity contribution >= 4 is 40.5 Å². The molecule has 0 heterocycles. The molecule has 4 nitrogen and oxygen atoms in total. The fraction of sp³-hybridized carbons (Fsp3) is 0.381. The maximum Gasteiger partial charge on any atom is 0.256 e. The van der Waals surface area contributed by atoms with Crippen LogP contribution in [0.1, 0.15) is 53.6 Å². The van der Waals surface area contributed by atoms with Gasteiger partial charge >= 0.3 is 0 Å². The number of hydrogen-bond donors (Lipinski definition) is 2. The number of rotatable bonds is 5. The zero-order valence-corrected chi connectivity index (χ0v) is 17.2. The average Bonchev–Trinajstić information content (AvgIpc) is 2.64. The molecule has 1 aliphatic carbocycles. The number of aryl methyl sites for hydroxylation is 1. The third kappa shape index (κ3) is 5.81. The van der Waals surface area contributed by atoms with E-state index in [1.165, 1.54) is 19.3 Å². The lowest BCUT2D eigenvalue weighted by atomic mass is 10.0. The summed E-state index contributed by atoms with van der Waals surface area (Å²) in [5.74, 6) is 0.367. The number of carbonyl (C=O) groups is 1. The van der Waals surface area contributed by atoms with Crippen LogP contribution in [0.5, 0.6) is 0 Å². The van der Waals surface area contributed by atoms with Crippen molar-refractivity contribution in [3.63, 3.8) is 0 Å². The molecule has 0 aromatic heterocycles. The molecule has 1 unspecified atom stereocenters. The minimum Gasteiger partial charge on any atom is -0.399 e. The van der Waals surface area contributed by atoms with Gasteiger partial charge in [0.05, 0.1) is 0 Å². The first-order chi connectivity index (χ1) is 12.5. The van der Waals surface area contributed by atoms with Crippen LogP contribution < -0.4 is 11.1 Å². The van der Waals surface area contributed by atoms with Gasteiger partial charge < -0.3 is 11.1 Å². The summed E-state index contributed by atoms with van der Waals surface area (Å²) in [5, 5.41) is 3.24. The molecular formula is C21H27ClN2O2S. The van der Waals surface area contributed by atoms with E-state index in [0.29, 0.717) is 22.3 Å². The number of nitrogen functional groups attached to an aromatic ring is 1. The topological polar surface area (TPSA) is 72.2 Å². The molecule has 1 saturated carbocycles. The van der Waals surface area contributed by atoms with E-state index in [4.69, 9.17) is 5.73 Å². The molecule has 6 heteroatoms. The van der Waals surface area contributed by atoms with E-state index in [2.05, 4.69) is 5.32 Å². The van der Waals surface area contributed by atoms with Gasteiger partial charge in [0.2, 0.25) is 0 Å². The van der Waals surface area contributed by atoms with Crippen molar-refractivity contribution in [1.29, 1.82) is 0 Å². The fourth-order valence-corrected chi connectivity index (χ4v) is 5.03. The molecule has 27 heavy (non-hydrogen) atoms. The van der Waals surface area contributed by atoms with Crippen LogP contribution in [0.4, 0.5) is 11.4 Å². The molecule has 146 valence electrons. The van der Waals surface area contributed by atoms with Crippen LogP contribution in [0.15, 0.2) is 42.5 Å². The Morgan fingerprint density at radius 2 is 1.89 bits per heavy atom. The van der Waals surface area contributed by atoms with Crippen LogP contribution in [0.25, 0.3) is 0 Å². The van der Waals surface area contributed by atoms with Crippen molar-refractivity contribution in [2.24, 2.45) is 0 Å². The number of hydrogen-bond acceptors (Lipinski definition) is 3. The molecule has 1 amide bonds. The molecule has 0 saturated heterocycles. The first-order valence-electron chi connectivity index (χ1n) is 9.16. The highest BCUT2D eigenvalue weighted by Gasteiger charge is 2.20. The normalized spacial score (nSPS) is 15.6. The zero-order chi connectivity index (χ0) is 18.5. The molecule has 2 aromatic carbocycles. The third-order valence-corrected chi connectivity index (χ3v) is 6.76. The Balaban J connectivity index is 0.00000261. The summed E-state index contributed by atoms with van der Waals surface area (Å²) < 4.78 is 12.6. The fourth-order valence-electron chi connectivity index (χ4n) is 3.43. The largest absolute Gasteiger partial charge is 0.399 e. The summed E-state index contributed by atoms with van der Waals surface area (Å²) in [6.07, 6.45) is 5.77. The van der Waals surface area contributed by atoms with Gasteiger partial charge in [0.15, 0.2) is 0 Å². The monoisotopic (exact) mass is 406 g/mol. The van der Waals surface area contributed by atoms with Crippen molar-refractivity contribution in [1.82, 2.24) is 0 Å². The highest BCUT2D eigenvalue weighted by atomic mass is 35.5. The third-order valence-electron chi connectivity index (χ3n) is 4.92. The van der Waals surface area contributed by atoms with Gasteiger partial charge in [-0.3, -0.25) is 9.00 Å². The molecule has 2 aromatic rings. The number of nitrogens with two attached hydrogens (primary N) is 1. The Kier molecular flexibility index (Phi) is 7.87. The number of anilines is 2. The minimum absolute atomic E-state index is 0. The maximum absolute atomic E-state index is 12.6. The highest BCUT2D eigenvalue weighted by molar-refractivity contribution is 7.84. The summed E-state index contributed by atoms with van der Waals surface area (Å²) >= 11 is 0. The summed E-state index contributed by atoms with van der Waals surface area (Å²) in [6.45, 7) is 1.89. The Morgan fingerprint density at radius 3 is 2.63 bits per heavy atom. The molecule has 0 radical (unpaired) electrons. The first-order valence-corrected chi connectivity index (χ1v) is 10.5. The van der Waals surface area contributed by atoms with E-state index in [-0.39, 0.29) is 18.3 Å². The molecule has 0 bridgehead atoms. The molecular weight excluding hydrogens is 380 g/mol. The van der Waals surface area contributed by atoms with Gasteiger partial charge in [-0.2, -0.15) is 0 Å². The molecule has 1 aliphatic rings. The molecule has 3 rings (SSSR count). The van der Waals surface area contributed by atoms with Crippen molar-refractivity contribution < 1.29 is 9.00 Å². The van der Waals surface area contributed by atoms with Crippen molar-refractivity contribution in [2.45, 2.75) is 50.0 Å². The summed E-state index contributed by atoms with van der Waals surface area (Å²) in [6, 6.07) is 13.0. The molecule has 1 fully saturated rings. The van der Waals surface area contributed by atoms with Crippen LogP contribution in [-0.2, 0) is 16.6 Å². The van der Waals surface area contributed by atoms with E-state index in [9.17, 15) is 9.00 Å². The molecule has 0 aliphatic heterocycles. The van der Waals surface area contributed by atoms with E-state index in [0.717, 1.165) is 29.7 Å². The number of amides is 1. The van der Waals surface area contributed by atoms with Crippen LogP contribution in [-0.4, -0.2) is 15.4 Å². The number of halogens is 1. The van der Waals surface area contributed by atoms with Gasteiger partial charge in [-0.05, 0) is 55.2 Å². The van der Waals surface area contributed by atoms with Crippen LogP contribution in [0, 0.1) is 6.92 Å². The van der Waals surface area contributed by atoms with Crippen LogP contribution in [0.3, 0.4) is 0 Å². The smallest absolute Gasteiger partial charge is 0.256 e. The summed E-state index contributed by atoms with van der Waals surface area (Å²) in [4.78, 5) is 12.5. The lowest BCUT2D eigenvalue weighted by Crippen LogP contribution is -2.20. The minimum atomic E-state index is -0.850. The van der Waals surface area contributed by atoms with Gasteiger partial charge in [0.25, 0.3) is 5.91 Å². The van der Waals surface area contributed by atoms with Gasteiger partial charge in [-0.15, -0.1) is 12.4 Å². The van der Waals surface area contributed by atoms with Gasteiger partial charge in [-0.1, -0.05) is 37.5 Å². The zero-order valence-electron chi connectivity index (χ0n) is 15.6. The van der Waals surface area contributed by atoms with E-state index in [1.54, 1.807) is 12.1 Å². The number of benzene rings is 2. The predicted octanol–water partition coefficient (Wildman–Crippen LogP) is 4.83.